The molecule has 3 rings (SSSR count). The van der Waals surface area contributed by atoms with Gasteiger partial charge in [0.05, 0.1) is 12.2 Å². The summed E-state index contributed by atoms with van der Waals surface area (Å²) in [6.45, 7) is 6.31. The predicted octanol–water partition coefficient (Wildman–Crippen LogP) is 2.99. The fourth-order valence-electron chi connectivity index (χ4n) is 3.00. The van der Waals surface area contributed by atoms with Crippen molar-refractivity contribution in [3.8, 4) is 5.69 Å². The van der Waals surface area contributed by atoms with Gasteiger partial charge in [0.25, 0.3) is 0 Å². The molecular weight excluding hydrogens is 307 g/mol. The van der Waals surface area contributed by atoms with Crippen LogP contribution in [0.25, 0.3) is 5.69 Å². The largest absolute Gasteiger partial charge is 0.309 e. The number of aromatic nitrogens is 2. The number of nitrogens with zero attached hydrogens (tertiary/aromatic N) is 3. The molecule has 0 spiro atoms. The first-order chi connectivity index (χ1) is 11.5. The molecule has 1 aliphatic rings. The number of benzene rings is 1. The zero-order chi connectivity index (χ0) is 17.1. The summed E-state index contributed by atoms with van der Waals surface area (Å²) in [7, 11) is 0. The van der Waals surface area contributed by atoms with E-state index in [1.54, 1.807) is 24.3 Å². The van der Waals surface area contributed by atoms with Crippen LogP contribution in [0.2, 0.25) is 0 Å². The highest BCUT2D eigenvalue weighted by Gasteiger charge is 2.19. The molecule has 0 saturated carbocycles. The number of nitrogens with one attached hydrogen (secondary N) is 1. The van der Waals surface area contributed by atoms with Gasteiger partial charge in [0.2, 0.25) is 5.91 Å². The molecule has 1 fully saturated rings. The van der Waals surface area contributed by atoms with E-state index in [1.807, 2.05) is 6.92 Å². The molecule has 24 heavy (non-hydrogen) atoms. The van der Waals surface area contributed by atoms with E-state index < -0.39 is 0 Å². The van der Waals surface area contributed by atoms with E-state index >= 15 is 0 Å². The molecule has 0 aliphatic carbocycles. The molecule has 1 aromatic carbocycles. The highest BCUT2D eigenvalue weighted by Crippen LogP contribution is 2.20. The van der Waals surface area contributed by atoms with Crippen molar-refractivity contribution >= 4 is 11.7 Å². The van der Waals surface area contributed by atoms with Crippen molar-refractivity contribution in [1.29, 1.82) is 0 Å². The van der Waals surface area contributed by atoms with Gasteiger partial charge in [-0.05, 0) is 50.9 Å². The summed E-state index contributed by atoms with van der Waals surface area (Å²) in [6.07, 6.45) is 2.25. The Bertz CT molecular complexity index is 720. The first-order valence-electron chi connectivity index (χ1n) is 8.36. The van der Waals surface area contributed by atoms with Crippen LogP contribution in [0, 0.1) is 18.7 Å². The minimum atomic E-state index is -0.374. The number of amides is 1. The van der Waals surface area contributed by atoms with E-state index in [1.165, 1.54) is 10.7 Å². The van der Waals surface area contributed by atoms with Crippen LogP contribution in [0.4, 0.5) is 10.2 Å². The maximum atomic E-state index is 14.0. The van der Waals surface area contributed by atoms with Crippen LogP contribution in [-0.4, -0.2) is 40.2 Å². The van der Waals surface area contributed by atoms with Crippen molar-refractivity contribution in [2.75, 3.05) is 25.0 Å². The normalized spacial score (nSPS) is 16.3. The SMILES string of the molecule is Cc1cc(NC(=O)CN2CCC(C)CC2)n(-c2ccccc2F)n1. The third-order valence-corrected chi connectivity index (χ3v) is 4.42. The first kappa shape index (κ1) is 16.6. The fraction of sp³-hybridized carbons (Fsp3) is 0.444. The van der Waals surface area contributed by atoms with Gasteiger partial charge < -0.3 is 5.32 Å². The Hall–Kier alpha value is -2.21. The number of halogens is 1. The van der Waals surface area contributed by atoms with Gasteiger partial charge in [0.15, 0.2) is 0 Å². The molecule has 128 valence electrons. The Kier molecular flexibility index (Phi) is 4.94. The van der Waals surface area contributed by atoms with Gasteiger partial charge in [0, 0.05) is 6.07 Å². The van der Waals surface area contributed by atoms with Crippen molar-refractivity contribution < 1.29 is 9.18 Å². The number of carbonyl (C=O) groups is 1. The highest BCUT2D eigenvalue weighted by atomic mass is 19.1. The van der Waals surface area contributed by atoms with Crippen molar-refractivity contribution in [2.45, 2.75) is 26.7 Å². The Morgan fingerprint density at radius 3 is 2.75 bits per heavy atom. The van der Waals surface area contributed by atoms with E-state index in [2.05, 4.69) is 22.2 Å². The van der Waals surface area contributed by atoms with Crippen molar-refractivity contribution in [1.82, 2.24) is 14.7 Å². The van der Waals surface area contributed by atoms with Crippen LogP contribution in [0.1, 0.15) is 25.5 Å². The van der Waals surface area contributed by atoms with Gasteiger partial charge in [-0.2, -0.15) is 5.10 Å². The van der Waals surface area contributed by atoms with E-state index in [0.29, 0.717) is 18.1 Å². The lowest BCUT2D eigenvalue weighted by Gasteiger charge is -2.29. The molecule has 1 amide bonds. The van der Waals surface area contributed by atoms with Crippen LogP contribution < -0.4 is 5.32 Å². The molecule has 1 aliphatic heterocycles. The second-order valence-corrected chi connectivity index (χ2v) is 6.54. The number of rotatable bonds is 4. The first-order valence-corrected chi connectivity index (χ1v) is 8.36. The molecule has 2 aromatic rings. The lowest BCUT2D eigenvalue weighted by molar-refractivity contribution is -0.117. The summed E-state index contributed by atoms with van der Waals surface area (Å²) in [5, 5.41) is 7.17. The monoisotopic (exact) mass is 330 g/mol. The summed E-state index contributed by atoms with van der Waals surface area (Å²) in [5.74, 6) is 0.755. The number of hydrogen-bond acceptors (Lipinski definition) is 3. The maximum Gasteiger partial charge on any atom is 0.239 e. The number of piperidine rings is 1. The summed E-state index contributed by atoms with van der Waals surface area (Å²) in [6, 6.07) is 8.15. The minimum Gasteiger partial charge on any atom is -0.309 e. The highest BCUT2D eigenvalue weighted by molar-refractivity contribution is 5.91. The second-order valence-electron chi connectivity index (χ2n) is 6.54. The number of aryl methyl sites for hydroxylation is 1. The Balaban J connectivity index is 1.71. The van der Waals surface area contributed by atoms with Crippen LogP contribution in [0.15, 0.2) is 30.3 Å². The zero-order valence-corrected chi connectivity index (χ0v) is 14.1. The molecule has 2 heterocycles. The van der Waals surface area contributed by atoms with Crippen molar-refractivity contribution in [2.24, 2.45) is 5.92 Å². The average molecular weight is 330 g/mol. The quantitative estimate of drug-likeness (QED) is 0.937. The number of likely N-dealkylation sites (tertiary alicyclic amines) is 1. The third kappa shape index (κ3) is 3.82. The predicted molar refractivity (Wildman–Crippen MR) is 91.7 cm³/mol. The number of anilines is 1. The van der Waals surface area contributed by atoms with Gasteiger partial charge in [-0.1, -0.05) is 19.1 Å². The fourth-order valence-corrected chi connectivity index (χ4v) is 3.00. The molecule has 0 atom stereocenters. The zero-order valence-electron chi connectivity index (χ0n) is 14.1. The molecule has 0 radical (unpaired) electrons. The van der Waals surface area contributed by atoms with Gasteiger partial charge in [-0.15, -0.1) is 0 Å². The second kappa shape index (κ2) is 7.13. The smallest absolute Gasteiger partial charge is 0.239 e. The van der Waals surface area contributed by atoms with E-state index in [4.69, 9.17) is 0 Å². The minimum absolute atomic E-state index is 0.0953. The Morgan fingerprint density at radius 1 is 1.33 bits per heavy atom. The summed E-state index contributed by atoms with van der Waals surface area (Å²) < 4.78 is 15.5. The third-order valence-electron chi connectivity index (χ3n) is 4.42. The van der Waals surface area contributed by atoms with Crippen molar-refractivity contribution in [3.63, 3.8) is 0 Å². The average Bonchev–Trinajstić information content (AvgIpc) is 2.90. The van der Waals surface area contributed by atoms with Crippen LogP contribution in [0.3, 0.4) is 0 Å². The van der Waals surface area contributed by atoms with Crippen LogP contribution in [0.5, 0.6) is 0 Å². The van der Waals surface area contributed by atoms with Crippen LogP contribution >= 0.6 is 0 Å². The van der Waals surface area contributed by atoms with E-state index in [0.717, 1.165) is 37.5 Å². The van der Waals surface area contributed by atoms with E-state index in [9.17, 15) is 9.18 Å². The van der Waals surface area contributed by atoms with Gasteiger partial charge in [0.1, 0.15) is 17.3 Å². The number of carbonyl (C=O) groups excluding carboxylic acids is 1. The van der Waals surface area contributed by atoms with Gasteiger partial charge >= 0.3 is 0 Å². The Labute approximate surface area is 141 Å². The number of hydrogen-bond donors (Lipinski definition) is 1. The van der Waals surface area contributed by atoms with Crippen molar-refractivity contribution in [3.05, 3.63) is 41.8 Å². The standard InChI is InChI=1S/C18H23FN4O/c1-13-7-9-22(10-8-13)12-18(24)20-17-11-14(2)21-23(17)16-6-4-3-5-15(16)19/h3-6,11,13H,7-10,12H2,1-2H3,(H,20,24). The summed E-state index contributed by atoms with van der Waals surface area (Å²) >= 11 is 0. The molecule has 0 unspecified atom stereocenters. The van der Waals surface area contributed by atoms with Gasteiger partial charge in [-0.3, -0.25) is 9.69 Å². The van der Waals surface area contributed by atoms with Crippen LogP contribution in [-0.2, 0) is 4.79 Å². The lowest BCUT2D eigenvalue weighted by Crippen LogP contribution is -2.38. The molecular formula is C18H23FN4O. The molecule has 1 aromatic heterocycles. The van der Waals surface area contributed by atoms with Gasteiger partial charge in [-0.25, -0.2) is 9.07 Å². The molecule has 0 bridgehead atoms. The number of para-hydroxylation sites is 1. The maximum absolute atomic E-state index is 14.0. The topological polar surface area (TPSA) is 50.2 Å². The summed E-state index contributed by atoms with van der Waals surface area (Å²) in [5.41, 5.74) is 1.05. The summed E-state index contributed by atoms with van der Waals surface area (Å²) in [4.78, 5) is 14.5. The molecule has 6 heteroatoms. The molecule has 1 N–H and O–H groups in total. The Morgan fingerprint density at radius 2 is 2.04 bits per heavy atom. The lowest BCUT2D eigenvalue weighted by atomic mass is 9.99. The molecule has 1 saturated heterocycles. The van der Waals surface area contributed by atoms with E-state index in [-0.39, 0.29) is 11.7 Å². The molecule has 5 nitrogen and oxygen atoms in total.